The number of benzene rings is 2. The van der Waals surface area contributed by atoms with Gasteiger partial charge in [-0.05, 0) is 42.5 Å². The molecule has 0 aliphatic carbocycles. The van der Waals surface area contributed by atoms with Crippen LogP contribution in [0.15, 0.2) is 36.4 Å². The highest BCUT2D eigenvalue weighted by Gasteiger charge is 2.10. The molecular formula is C34H52O3. The number of fused-ring (bicyclic) bond motifs is 1. The largest absolute Gasteiger partial charge is 0.481 e. The molecule has 0 atom stereocenters. The van der Waals surface area contributed by atoms with Crippen LogP contribution in [-0.4, -0.2) is 16.9 Å². The number of aryl methyl sites for hydroxylation is 1. The van der Waals surface area contributed by atoms with Crippen LogP contribution in [0.1, 0.15) is 151 Å². The van der Waals surface area contributed by atoms with Gasteiger partial charge in [0.2, 0.25) is 0 Å². The molecule has 0 saturated heterocycles. The molecular weight excluding hydrogens is 456 g/mol. The van der Waals surface area contributed by atoms with Crippen molar-refractivity contribution in [3.05, 3.63) is 47.5 Å². The van der Waals surface area contributed by atoms with E-state index in [2.05, 4.69) is 30.3 Å². The molecule has 206 valence electrons. The monoisotopic (exact) mass is 508 g/mol. The summed E-state index contributed by atoms with van der Waals surface area (Å²) in [6.07, 6.45) is 25.9. The number of carbonyl (C=O) groups excluding carboxylic acids is 1. The van der Waals surface area contributed by atoms with Gasteiger partial charge < -0.3 is 5.11 Å². The summed E-state index contributed by atoms with van der Waals surface area (Å²) in [4.78, 5) is 22.6. The van der Waals surface area contributed by atoms with Gasteiger partial charge >= 0.3 is 5.97 Å². The zero-order chi connectivity index (χ0) is 26.6. The average molecular weight is 509 g/mol. The summed E-state index contributed by atoms with van der Waals surface area (Å²) in [6, 6.07) is 12.5. The second-order valence-corrected chi connectivity index (χ2v) is 11.0. The minimum absolute atomic E-state index is 0.180. The van der Waals surface area contributed by atoms with Gasteiger partial charge in [0.15, 0.2) is 5.78 Å². The van der Waals surface area contributed by atoms with E-state index in [0.29, 0.717) is 6.42 Å². The fraction of sp³-hybridized carbons (Fsp3) is 0.647. The maximum Gasteiger partial charge on any atom is 0.303 e. The Morgan fingerprint density at radius 1 is 0.568 bits per heavy atom. The fourth-order valence-electron chi connectivity index (χ4n) is 5.52. The third-order valence-electron chi connectivity index (χ3n) is 7.74. The van der Waals surface area contributed by atoms with Crippen LogP contribution in [0, 0.1) is 0 Å². The number of carbonyl (C=O) groups is 2. The second kappa shape index (κ2) is 19.9. The first-order valence-corrected chi connectivity index (χ1v) is 15.3. The van der Waals surface area contributed by atoms with Crippen molar-refractivity contribution in [3.8, 4) is 0 Å². The van der Waals surface area contributed by atoms with E-state index in [4.69, 9.17) is 5.11 Å². The number of aliphatic carboxylic acids is 1. The Morgan fingerprint density at radius 2 is 1.00 bits per heavy atom. The molecule has 1 N–H and O–H groups in total. The first kappa shape index (κ1) is 31.1. The summed E-state index contributed by atoms with van der Waals surface area (Å²) in [5, 5.41) is 11.1. The third-order valence-corrected chi connectivity index (χ3v) is 7.74. The summed E-state index contributed by atoms with van der Waals surface area (Å²) in [7, 11) is 0. The molecule has 0 unspecified atom stereocenters. The van der Waals surface area contributed by atoms with Crippen molar-refractivity contribution in [2.45, 2.75) is 142 Å². The second-order valence-electron chi connectivity index (χ2n) is 11.0. The van der Waals surface area contributed by atoms with Gasteiger partial charge in [0.25, 0.3) is 0 Å². The van der Waals surface area contributed by atoms with E-state index in [1.807, 2.05) is 6.07 Å². The summed E-state index contributed by atoms with van der Waals surface area (Å²) < 4.78 is 0. The maximum atomic E-state index is 12.1. The fourth-order valence-corrected chi connectivity index (χ4v) is 5.52. The predicted octanol–water partition coefficient (Wildman–Crippen LogP) is 10.5. The quantitative estimate of drug-likeness (QED) is 0.120. The summed E-state index contributed by atoms with van der Waals surface area (Å²) >= 11 is 0. The number of ketones is 1. The predicted molar refractivity (Wildman–Crippen MR) is 158 cm³/mol. The SMILES string of the molecule is CC(=O)c1ccc2ccccc2c1CCCCCCCCCCCCCCCCCCCCCC(=O)O. The molecule has 3 nitrogen and oxygen atoms in total. The smallest absolute Gasteiger partial charge is 0.303 e. The van der Waals surface area contributed by atoms with E-state index in [1.165, 1.54) is 125 Å². The van der Waals surface area contributed by atoms with Crippen LogP contribution >= 0.6 is 0 Å². The number of hydrogen-bond acceptors (Lipinski definition) is 2. The molecule has 0 fully saturated rings. The maximum absolute atomic E-state index is 12.1. The van der Waals surface area contributed by atoms with E-state index < -0.39 is 5.97 Å². The lowest BCUT2D eigenvalue weighted by Gasteiger charge is -2.11. The van der Waals surface area contributed by atoms with Crippen molar-refractivity contribution in [1.29, 1.82) is 0 Å². The van der Waals surface area contributed by atoms with Gasteiger partial charge in [0.05, 0.1) is 0 Å². The van der Waals surface area contributed by atoms with Gasteiger partial charge in [-0.1, -0.05) is 146 Å². The summed E-state index contributed by atoms with van der Waals surface area (Å²) in [5.74, 6) is -0.482. The minimum Gasteiger partial charge on any atom is -0.481 e. The van der Waals surface area contributed by atoms with E-state index >= 15 is 0 Å². The van der Waals surface area contributed by atoms with Gasteiger partial charge in [0.1, 0.15) is 0 Å². The number of carboxylic acids is 1. The molecule has 0 amide bonds. The van der Waals surface area contributed by atoms with Crippen LogP contribution in [0.5, 0.6) is 0 Å². The molecule has 2 aromatic carbocycles. The molecule has 0 bridgehead atoms. The standard InChI is InChI=1S/C34H52O3/c1-29(35)31-28-27-30-23-21-22-24-32(30)33(31)25-19-17-15-13-11-9-7-5-3-2-4-6-8-10-12-14-16-18-20-26-34(36)37/h21-24,27-28H,2-20,25-26H2,1H3,(H,36,37). The Kier molecular flexibility index (Phi) is 16.7. The van der Waals surface area contributed by atoms with Crippen LogP contribution in [0.3, 0.4) is 0 Å². The molecule has 0 heterocycles. The van der Waals surface area contributed by atoms with Gasteiger partial charge in [-0.3, -0.25) is 9.59 Å². The summed E-state index contributed by atoms with van der Waals surface area (Å²) in [5.41, 5.74) is 2.15. The van der Waals surface area contributed by atoms with Crippen LogP contribution < -0.4 is 0 Å². The highest BCUT2D eigenvalue weighted by atomic mass is 16.4. The van der Waals surface area contributed by atoms with Crippen molar-refractivity contribution in [2.24, 2.45) is 0 Å². The molecule has 2 aromatic rings. The van der Waals surface area contributed by atoms with Crippen molar-refractivity contribution >= 4 is 22.5 Å². The molecule has 0 aliphatic rings. The Bertz CT molecular complexity index is 901. The van der Waals surface area contributed by atoms with Crippen molar-refractivity contribution in [1.82, 2.24) is 0 Å². The topological polar surface area (TPSA) is 54.4 Å². The van der Waals surface area contributed by atoms with Gasteiger partial charge in [0, 0.05) is 12.0 Å². The van der Waals surface area contributed by atoms with Crippen LogP contribution in [0.25, 0.3) is 10.8 Å². The third kappa shape index (κ3) is 13.8. The Morgan fingerprint density at radius 3 is 1.46 bits per heavy atom. The van der Waals surface area contributed by atoms with Crippen LogP contribution in [0.4, 0.5) is 0 Å². The van der Waals surface area contributed by atoms with Crippen molar-refractivity contribution in [2.75, 3.05) is 0 Å². The number of rotatable bonds is 23. The van der Waals surface area contributed by atoms with Crippen molar-refractivity contribution in [3.63, 3.8) is 0 Å². The number of hydrogen-bond donors (Lipinski definition) is 1. The number of Topliss-reactive ketones (excluding diaryl/α,β-unsaturated/α-hetero) is 1. The Hall–Kier alpha value is -2.16. The lowest BCUT2D eigenvalue weighted by Crippen LogP contribution is -2.01. The van der Waals surface area contributed by atoms with E-state index in [9.17, 15) is 9.59 Å². The zero-order valence-electron chi connectivity index (χ0n) is 23.6. The summed E-state index contributed by atoms with van der Waals surface area (Å²) in [6.45, 7) is 1.69. The molecule has 0 aromatic heterocycles. The highest BCUT2D eigenvalue weighted by molar-refractivity contribution is 6.01. The van der Waals surface area contributed by atoms with Gasteiger partial charge in [-0.15, -0.1) is 0 Å². The zero-order valence-corrected chi connectivity index (χ0v) is 23.6. The van der Waals surface area contributed by atoms with E-state index in [0.717, 1.165) is 24.8 Å². The van der Waals surface area contributed by atoms with Gasteiger partial charge in [-0.25, -0.2) is 0 Å². The van der Waals surface area contributed by atoms with Crippen LogP contribution in [0.2, 0.25) is 0 Å². The number of unbranched alkanes of at least 4 members (excludes halogenated alkanes) is 18. The Balaban J connectivity index is 1.37. The lowest BCUT2D eigenvalue weighted by atomic mass is 9.93. The van der Waals surface area contributed by atoms with E-state index in [-0.39, 0.29) is 5.78 Å². The molecule has 0 spiro atoms. The highest BCUT2D eigenvalue weighted by Crippen LogP contribution is 2.25. The molecule has 0 aliphatic heterocycles. The average Bonchev–Trinajstić information content (AvgIpc) is 2.89. The lowest BCUT2D eigenvalue weighted by molar-refractivity contribution is -0.137. The van der Waals surface area contributed by atoms with Gasteiger partial charge in [-0.2, -0.15) is 0 Å². The molecule has 0 radical (unpaired) electrons. The first-order valence-electron chi connectivity index (χ1n) is 15.3. The molecule has 3 heteroatoms. The van der Waals surface area contributed by atoms with Crippen molar-refractivity contribution < 1.29 is 14.7 Å². The van der Waals surface area contributed by atoms with E-state index in [1.54, 1.807) is 6.92 Å². The number of carboxylic acid groups (broad SMARTS) is 1. The normalized spacial score (nSPS) is 11.3. The molecule has 0 saturated carbocycles. The Labute approximate surface area is 226 Å². The molecule has 37 heavy (non-hydrogen) atoms. The first-order chi connectivity index (χ1) is 18.1. The molecule has 2 rings (SSSR count). The minimum atomic E-state index is -0.661. The van der Waals surface area contributed by atoms with Crippen LogP contribution in [-0.2, 0) is 11.2 Å².